The van der Waals surface area contributed by atoms with Gasteiger partial charge in [-0.05, 0) is 13.0 Å². The van der Waals surface area contributed by atoms with E-state index in [1.54, 1.807) is 31.2 Å². The fourth-order valence-electron chi connectivity index (χ4n) is 1.08. The Morgan fingerprint density at radius 2 is 2.00 bits per heavy atom. The molecule has 0 radical (unpaired) electrons. The van der Waals surface area contributed by atoms with Gasteiger partial charge in [-0.2, -0.15) is 0 Å². The molecule has 3 heteroatoms. The Labute approximate surface area is 82.3 Å². The minimum Gasteiger partial charge on any atom is -0.466 e. The van der Waals surface area contributed by atoms with Crippen LogP contribution in [0.5, 0.6) is 0 Å². The summed E-state index contributed by atoms with van der Waals surface area (Å²) < 4.78 is 4.75. The van der Waals surface area contributed by atoms with Gasteiger partial charge < -0.3 is 4.74 Å². The molecule has 3 nitrogen and oxygen atoms in total. The second-order valence-electron chi connectivity index (χ2n) is 2.78. The molecule has 1 aromatic carbocycles. The van der Waals surface area contributed by atoms with Gasteiger partial charge in [0, 0.05) is 5.56 Å². The van der Waals surface area contributed by atoms with Gasteiger partial charge in [0.2, 0.25) is 0 Å². The maximum absolute atomic E-state index is 11.4. The average molecular weight is 192 g/mol. The molecule has 1 aromatic rings. The van der Waals surface area contributed by atoms with Gasteiger partial charge in [0.25, 0.3) is 0 Å². The summed E-state index contributed by atoms with van der Waals surface area (Å²) in [6, 6.07) is 8.21. The second-order valence-corrected chi connectivity index (χ2v) is 2.78. The zero-order valence-electron chi connectivity index (χ0n) is 8.03. The van der Waals surface area contributed by atoms with Crippen LogP contribution >= 0.6 is 0 Å². The SMILES string of the molecule is CCOC(=O)Cc1cccccc1=O. The van der Waals surface area contributed by atoms with Crippen LogP contribution < -0.4 is 5.43 Å². The van der Waals surface area contributed by atoms with Gasteiger partial charge in [-0.15, -0.1) is 0 Å². The topological polar surface area (TPSA) is 43.4 Å². The number of carbonyl (C=O) groups excluding carboxylic acids is 1. The molecule has 0 saturated heterocycles. The molecule has 0 N–H and O–H groups in total. The van der Waals surface area contributed by atoms with Gasteiger partial charge in [-0.25, -0.2) is 0 Å². The molecule has 0 bridgehead atoms. The van der Waals surface area contributed by atoms with Crippen molar-refractivity contribution in [2.45, 2.75) is 13.3 Å². The predicted octanol–water partition coefficient (Wildman–Crippen LogP) is 1.15. The first-order valence-corrected chi connectivity index (χ1v) is 4.48. The molecule has 0 aliphatic carbocycles. The summed E-state index contributed by atoms with van der Waals surface area (Å²) in [5.41, 5.74) is 0.330. The van der Waals surface area contributed by atoms with Crippen molar-refractivity contribution in [2.75, 3.05) is 6.61 Å². The van der Waals surface area contributed by atoms with Crippen molar-refractivity contribution in [3.05, 3.63) is 46.1 Å². The molecular weight excluding hydrogens is 180 g/mol. The van der Waals surface area contributed by atoms with Crippen molar-refractivity contribution in [3.63, 3.8) is 0 Å². The summed E-state index contributed by atoms with van der Waals surface area (Å²) in [4.78, 5) is 22.5. The lowest BCUT2D eigenvalue weighted by Crippen LogP contribution is -2.13. The van der Waals surface area contributed by atoms with Crippen LogP contribution in [0.2, 0.25) is 0 Å². The van der Waals surface area contributed by atoms with Crippen molar-refractivity contribution in [2.24, 2.45) is 0 Å². The van der Waals surface area contributed by atoms with Crippen molar-refractivity contribution in [1.29, 1.82) is 0 Å². The molecule has 0 saturated carbocycles. The third kappa shape index (κ3) is 3.01. The molecule has 74 valence electrons. The van der Waals surface area contributed by atoms with Crippen LogP contribution in [0.1, 0.15) is 12.5 Å². The zero-order chi connectivity index (χ0) is 10.4. The highest BCUT2D eigenvalue weighted by Gasteiger charge is 2.05. The van der Waals surface area contributed by atoms with E-state index in [0.717, 1.165) is 0 Å². The number of rotatable bonds is 3. The number of carbonyl (C=O) groups is 1. The molecule has 0 aliphatic rings. The van der Waals surface area contributed by atoms with E-state index in [9.17, 15) is 9.59 Å². The van der Waals surface area contributed by atoms with Gasteiger partial charge in [-0.3, -0.25) is 9.59 Å². The third-order valence-corrected chi connectivity index (χ3v) is 1.72. The van der Waals surface area contributed by atoms with E-state index in [0.29, 0.717) is 12.2 Å². The van der Waals surface area contributed by atoms with Gasteiger partial charge in [0.1, 0.15) is 0 Å². The third-order valence-electron chi connectivity index (χ3n) is 1.72. The molecule has 14 heavy (non-hydrogen) atoms. The summed E-state index contributed by atoms with van der Waals surface area (Å²) in [6.07, 6.45) is 0.0430. The molecule has 1 rings (SSSR count). The highest BCUT2D eigenvalue weighted by molar-refractivity contribution is 5.72. The first-order valence-electron chi connectivity index (χ1n) is 4.48. The molecular formula is C11H12O3. The van der Waals surface area contributed by atoms with E-state index in [2.05, 4.69) is 0 Å². The lowest BCUT2D eigenvalue weighted by molar-refractivity contribution is -0.142. The van der Waals surface area contributed by atoms with E-state index in [1.165, 1.54) is 6.07 Å². The summed E-state index contributed by atoms with van der Waals surface area (Å²) in [5, 5.41) is 0. The van der Waals surface area contributed by atoms with Gasteiger partial charge in [-0.1, -0.05) is 24.3 Å². The summed E-state index contributed by atoms with van der Waals surface area (Å²) >= 11 is 0. The fourth-order valence-corrected chi connectivity index (χ4v) is 1.08. The predicted molar refractivity (Wildman–Crippen MR) is 53.0 cm³/mol. The minimum absolute atomic E-state index is 0.0430. The molecule has 0 aromatic heterocycles. The van der Waals surface area contributed by atoms with Gasteiger partial charge >= 0.3 is 5.97 Å². The summed E-state index contributed by atoms with van der Waals surface area (Å²) in [6.45, 7) is 2.08. The number of esters is 1. The Kier molecular flexibility index (Phi) is 3.85. The number of hydrogen-bond donors (Lipinski definition) is 0. The Morgan fingerprint density at radius 3 is 2.71 bits per heavy atom. The Morgan fingerprint density at radius 1 is 1.29 bits per heavy atom. The van der Waals surface area contributed by atoms with Crippen molar-refractivity contribution in [3.8, 4) is 0 Å². The lowest BCUT2D eigenvalue weighted by Gasteiger charge is -1.98. The largest absolute Gasteiger partial charge is 0.466 e. The minimum atomic E-state index is -0.365. The molecule has 0 atom stereocenters. The lowest BCUT2D eigenvalue weighted by atomic mass is 10.2. The van der Waals surface area contributed by atoms with Gasteiger partial charge in [0.15, 0.2) is 5.43 Å². The molecule has 0 unspecified atom stereocenters. The second kappa shape index (κ2) is 5.17. The maximum Gasteiger partial charge on any atom is 0.310 e. The van der Waals surface area contributed by atoms with Crippen LogP contribution in [0, 0.1) is 0 Å². The van der Waals surface area contributed by atoms with E-state index < -0.39 is 0 Å². The Bertz CT molecular complexity index is 371. The van der Waals surface area contributed by atoms with Crippen molar-refractivity contribution in [1.82, 2.24) is 0 Å². The van der Waals surface area contributed by atoms with Crippen LogP contribution in [0.15, 0.2) is 35.1 Å². The molecule has 0 spiro atoms. The molecule has 0 fully saturated rings. The van der Waals surface area contributed by atoms with E-state index in [4.69, 9.17) is 4.74 Å². The van der Waals surface area contributed by atoms with E-state index in [1.807, 2.05) is 0 Å². The summed E-state index contributed by atoms with van der Waals surface area (Å²) in [5.74, 6) is -0.365. The van der Waals surface area contributed by atoms with Crippen LogP contribution in [-0.2, 0) is 16.0 Å². The maximum atomic E-state index is 11.4. The molecule has 0 aliphatic heterocycles. The van der Waals surface area contributed by atoms with Crippen molar-refractivity contribution >= 4 is 5.97 Å². The quantitative estimate of drug-likeness (QED) is 0.675. The van der Waals surface area contributed by atoms with Crippen LogP contribution in [0.25, 0.3) is 0 Å². The summed E-state index contributed by atoms with van der Waals surface area (Å²) in [7, 11) is 0. The monoisotopic (exact) mass is 192 g/mol. The normalized spacial score (nSPS) is 9.50. The highest BCUT2D eigenvalue weighted by Crippen LogP contribution is 1.94. The standard InChI is InChI=1S/C11H12O3/c1-2-14-11(13)8-9-6-4-3-5-7-10(9)12/h3-7H,2,8H2,1H3. The fraction of sp³-hybridized carbons (Fsp3) is 0.273. The van der Waals surface area contributed by atoms with E-state index >= 15 is 0 Å². The number of hydrogen-bond acceptors (Lipinski definition) is 3. The first kappa shape index (κ1) is 10.4. The number of ether oxygens (including phenoxy) is 1. The first-order chi connectivity index (χ1) is 6.74. The Hall–Kier alpha value is -1.64. The average Bonchev–Trinajstić information content (AvgIpc) is 2.33. The van der Waals surface area contributed by atoms with Crippen LogP contribution in [0.4, 0.5) is 0 Å². The smallest absolute Gasteiger partial charge is 0.310 e. The molecule has 0 heterocycles. The Balaban J connectivity index is 2.83. The van der Waals surface area contributed by atoms with Gasteiger partial charge in [0.05, 0.1) is 13.0 Å². The van der Waals surface area contributed by atoms with Crippen LogP contribution in [0.3, 0.4) is 0 Å². The van der Waals surface area contributed by atoms with Crippen LogP contribution in [-0.4, -0.2) is 12.6 Å². The van der Waals surface area contributed by atoms with E-state index in [-0.39, 0.29) is 17.8 Å². The van der Waals surface area contributed by atoms with Crippen molar-refractivity contribution < 1.29 is 9.53 Å². The molecule has 0 amide bonds. The highest BCUT2D eigenvalue weighted by atomic mass is 16.5. The zero-order valence-corrected chi connectivity index (χ0v) is 8.03.